The molecule has 0 amide bonds. The third-order valence-corrected chi connectivity index (χ3v) is 3.64. The third-order valence-electron chi connectivity index (χ3n) is 3.64. The van der Waals surface area contributed by atoms with Gasteiger partial charge in [0, 0.05) is 20.1 Å². The lowest BCUT2D eigenvalue weighted by molar-refractivity contribution is 0.116. The highest BCUT2D eigenvalue weighted by Crippen LogP contribution is 2.18. The van der Waals surface area contributed by atoms with Crippen molar-refractivity contribution in [1.29, 1.82) is 0 Å². The summed E-state index contributed by atoms with van der Waals surface area (Å²) in [5.41, 5.74) is 5.74. The van der Waals surface area contributed by atoms with Crippen LogP contribution in [0.25, 0.3) is 0 Å². The van der Waals surface area contributed by atoms with E-state index < -0.39 is 0 Å². The number of rotatable bonds is 4. The predicted octanol–water partition coefficient (Wildman–Crippen LogP) is 0.257. The van der Waals surface area contributed by atoms with Crippen molar-refractivity contribution in [3.63, 3.8) is 0 Å². The van der Waals surface area contributed by atoms with E-state index in [1.54, 1.807) is 0 Å². The zero-order valence-corrected chi connectivity index (χ0v) is 12.3. The molecule has 0 spiro atoms. The summed E-state index contributed by atoms with van der Waals surface area (Å²) in [5, 5.41) is 9.53. The normalized spacial score (nSPS) is 20.6. The van der Waals surface area contributed by atoms with Crippen LogP contribution in [-0.4, -0.2) is 58.2 Å². The molecule has 0 radical (unpaired) electrons. The SMILES string of the molecule is CN(C)c1nc(N)nc(CN2CCCCCC2CO)n1. The Morgan fingerprint density at radius 2 is 2.05 bits per heavy atom. The fourth-order valence-electron chi connectivity index (χ4n) is 2.53. The van der Waals surface area contributed by atoms with Gasteiger partial charge in [0.1, 0.15) is 5.82 Å². The maximum Gasteiger partial charge on any atom is 0.229 e. The van der Waals surface area contributed by atoms with Crippen molar-refractivity contribution in [3.05, 3.63) is 5.82 Å². The molecule has 112 valence electrons. The molecule has 1 fully saturated rings. The molecule has 1 aromatic rings. The lowest BCUT2D eigenvalue weighted by Crippen LogP contribution is -2.37. The number of hydrogen-bond donors (Lipinski definition) is 2. The minimum atomic E-state index is 0.182. The van der Waals surface area contributed by atoms with Gasteiger partial charge >= 0.3 is 0 Å². The van der Waals surface area contributed by atoms with Gasteiger partial charge < -0.3 is 15.7 Å². The van der Waals surface area contributed by atoms with Crippen LogP contribution in [0.3, 0.4) is 0 Å². The Hall–Kier alpha value is -1.47. The number of aliphatic hydroxyl groups excluding tert-OH is 1. The molecule has 0 saturated carbocycles. The number of hydrogen-bond acceptors (Lipinski definition) is 7. The molecule has 2 rings (SSSR count). The zero-order valence-electron chi connectivity index (χ0n) is 12.3. The van der Waals surface area contributed by atoms with Gasteiger partial charge in [-0.2, -0.15) is 15.0 Å². The average molecular weight is 280 g/mol. The van der Waals surface area contributed by atoms with Crippen molar-refractivity contribution < 1.29 is 5.11 Å². The van der Waals surface area contributed by atoms with Gasteiger partial charge in [0.25, 0.3) is 0 Å². The first-order valence-corrected chi connectivity index (χ1v) is 7.13. The molecular formula is C13H24N6O. The van der Waals surface area contributed by atoms with Gasteiger partial charge in [-0.05, 0) is 19.4 Å². The second-order valence-electron chi connectivity index (χ2n) is 5.46. The van der Waals surface area contributed by atoms with Crippen LogP contribution in [0, 0.1) is 0 Å². The minimum absolute atomic E-state index is 0.182. The van der Waals surface area contributed by atoms with E-state index in [2.05, 4.69) is 19.9 Å². The molecular weight excluding hydrogens is 256 g/mol. The van der Waals surface area contributed by atoms with Gasteiger partial charge in [-0.25, -0.2) is 0 Å². The van der Waals surface area contributed by atoms with Gasteiger partial charge in [0.2, 0.25) is 11.9 Å². The molecule has 3 N–H and O–H groups in total. The molecule has 0 aromatic carbocycles. The van der Waals surface area contributed by atoms with Crippen molar-refractivity contribution in [3.8, 4) is 0 Å². The number of nitrogens with zero attached hydrogens (tertiary/aromatic N) is 5. The van der Waals surface area contributed by atoms with Crippen molar-refractivity contribution in [2.24, 2.45) is 0 Å². The quantitative estimate of drug-likeness (QED) is 0.817. The molecule has 0 bridgehead atoms. The lowest BCUT2D eigenvalue weighted by Gasteiger charge is -2.27. The summed E-state index contributed by atoms with van der Waals surface area (Å²) in [6.07, 6.45) is 4.56. The van der Waals surface area contributed by atoms with Crippen molar-refractivity contribution in [1.82, 2.24) is 19.9 Å². The zero-order chi connectivity index (χ0) is 14.5. The summed E-state index contributed by atoms with van der Waals surface area (Å²) in [4.78, 5) is 16.8. The van der Waals surface area contributed by atoms with E-state index in [-0.39, 0.29) is 18.6 Å². The van der Waals surface area contributed by atoms with Crippen molar-refractivity contribution in [2.75, 3.05) is 37.9 Å². The second kappa shape index (κ2) is 6.81. The highest BCUT2D eigenvalue weighted by Gasteiger charge is 2.21. The van der Waals surface area contributed by atoms with Gasteiger partial charge in [-0.3, -0.25) is 4.90 Å². The number of likely N-dealkylation sites (tertiary alicyclic amines) is 1. The fraction of sp³-hybridized carbons (Fsp3) is 0.769. The first-order chi connectivity index (χ1) is 9.60. The average Bonchev–Trinajstić information content (AvgIpc) is 2.63. The summed E-state index contributed by atoms with van der Waals surface area (Å²) in [6, 6.07) is 0.193. The molecule has 1 aromatic heterocycles. The van der Waals surface area contributed by atoms with Crippen LogP contribution in [0.2, 0.25) is 0 Å². The summed E-state index contributed by atoms with van der Waals surface area (Å²) >= 11 is 0. The Morgan fingerprint density at radius 1 is 1.25 bits per heavy atom. The van der Waals surface area contributed by atoms with Gasteiger partial charge in [0.15, 0.2) is 0 Å². The smallest absolute Gasteiger partial charge is 0.229 e. The third kappa shape index (κ3) is 3.77. The molecule has 1 atom stereocenters. The number of anilines is 2. The van der Waals surface area contributed by atoms with Crippen LogP contribution in [-0.2, 0) is 6.54 Å². The topological polar surface area (TPSA) is 91.4 Å². The highest BCUT2D eigenvalue weighted by molar-refractivity contribution is 5.32. The van der Waals surface area contributed by atoms with Gasteiger partial charge in [0.05, 0.1) is 13.2 Å². The summed E-state index contributed by atoms with van der Waals surface area (Å²) in [5.74, 6) is 1.48. The molecule has 1 aliphatic heterocycles. The van der Waals surface area contributed by atoms with Crippen LogP contribution in [0.5, 0.6) is 0 Å². The Kier molecular flexibility index (Phi) is 5.08. The molecule has 7 heteroatoms. The summed E-state index contributed by atoms with van der Waals surface area (Å²) in [7, 11) is 3.75. The summed E-state index contributed by atoms with van der Waals surface area (Å²) in [6.45, 7) is 1.76. The molecule has 20 heavy (non-hydrogen) atoms. The second-order valence-corrected chi connectivity index (χ2v) is 5.46. The van der Waals surface area contributed by atoms with Crippen LogP contribution in [0.15, 0.2) is 0 Å². The van der Waals surface area contributed by atoms with E-state index in [1.807, 2.05) is 19.0 Å². The van der Waals surface area contributed by atoms with E-state index >= 15 is 0 Å². The molecule has 1 unspecified atom stereocenters. The van der Waals surface area contributed by atoms with Crippen LogP contribution < -0.4 is 10.6 Å². The number of nitrogens with two attached hydrogens (primary N) is 1. The number of aliphatic hydroxyl groups is 1. The lowest BCUT2D eigenvalue weighted by atomic mass is 10.1. The molecule has 1 saturated heterocycles. The van der Waals surface area contributed by atoms with E-state index in [4.69, 9.17) is 5.73 Å². The molecule has 0 aliphatic carbocycles. The fourth-order valence-corrected chi connectivity index (χ4v) is 2.53. The Bertz CT molecular complexity index is 439. The highest BCUT2D eigenvalue weighted by atomic mass is 16.3. The largest absolute Gasteiger partial charge is 0.395 e. The first kappa shape index (κ1) is 14.9. The molecule has 2 heterocycles. The Balaban J connectivity index is 2.14. The van der Waals surface area contributed by atoms with E-state index in [0.717, 1.165) is 19.4 Å². The molecule has 7 nitrogen and oxygen atoms in total. The number of nitrogen functional groups attached to an aromatic ring is 1. The first-order valence-electron chi connectivity index (χ1n) is 7.13. The van der Waals surface area contributed by atoms with Crippen molar-refractivity contribution >= 4 is 11.9 Å². The predicted molar refractivity (Wildman–Crippen MR) is 78.3 cm³/mol. The van der Waals surface area contributed by atoms with E-state index in [9.17, 15) is 5.11 Å². The number of aromatic nitrogens is 3. The monoisotopic (exact) mass is 280 g/mol. The van der Waals surface area contributed by atoms with Crippen LogP contribution in [0.4, 0.5) is 11.9 Å². The Labute approximate surface area is 119 Å². The van der Waals surface area contributed by atoms with Gasteiger partial charge in [-0.1, -0.05) is 12.8 Å². The van der Waals surface area contributed by atoms with Crippen LogP contribution in [0.1, 0.15) is 31.5 Å². The molecule has 1 aliphatic rings. The standard InChI is InChI=1S/C13H24N6O/c1-18(2)13-16-11(15-12(14)17-13)8-19-7-5-3-4-6-10(19)9-20/h10,20H,3-9H2,1-2H3,(H2,14,15,16,17). The van der Waals surface area contributed by atoms with E-state index in [0.29, 0.717) is 18.3 Å². The van der Waals surface area contributed by atoms with E-state index in [1.165, 1.54) is 12.8 Å². The summed E-state index contributed by atoms with van der Waals surface area (Å²) < 4.78 is 0. The minimum Gasteiger partial charge on any atom is -0.395 e. The van der Waals surface area contributed by atoms with Gasteiger partial charge in [-0.15, -0.1) is 0 Å². The van der Waals surface area contributed by atoms with Crippen molar-refractivity contribution in [2.45, 2.75) is 38.3 Å². The maximum atomic E-state index is 9.53. The maximum absolute atomic E-state index is 9.53. The Morgan fingerprint density at radius 3 is 2.75 bits per heavy atom. The van der Waals surface area contributed by atoms with Crippen LogP contribution >= 0.6 is 0 Å².